The molecule has 0 aliphatic heterocycles. The highest BCUT2D eigenvalue weighted by atomic mass is 19.1. The molecule has 8 nitrogen and oxygen atoms in total. The normalized spacial score (nSPS) is 13.3. The second-order valence-corrected chi connectivity index (χ2v) is 7.81. The fourth-order valence-electron chi connectivity index (χ4n) is 3.49. The number of hydrogen-bond acceptors (Lipinski definition) is 5. The number of aromatic amines is 1. The predicted octanol–water partition coefficient (Wildman–Crippen LogP) is 3.41. The Labute approximate surface area is 183 Å². The number of methoxy groups -OCH3 is 1. The Balaban J connectivity index is 1.39. The first-order valence-electron chi connectivity index (χ1n) is 10.4. The summed E-state index contributed by atoms with van der Waals surface area (Å²) in [5.74, 6) is 1.18. The van der Waals surface area contributed by atoms with Gasteiger partial charge in [0, 0.05) is 29.7 Å². The summed E-state index contributed by atoms with van der Waals surface area (Å²) in [5, 5.41) is 6.71. The van der Waals surface area contributed by atoms with Crippen LogP contribution in [0.25, 0.3) is 16.9 Å². The minimum atomic E-state index is -0.395. The molecule has 32 heavy (non-hydrogen) atoms. The quantitative estimate of drug-likeness (QED) is 0.458. The van der Waals surface area contributed by atoms with Crippen molar-refractivity contribution < 1.29 is 13.9 Å². The molecular formula is C23H22FN5O3. The van der Waals surface area contributed by atoms with Crippen molar-refractivity contribution in [2.24, 2.45) is 5.92 Å². The van der Waals surface area contributed by atoms with Crippen molar-refractivity contribution in [2.75, 3.05) is 13.7 Å². The third kappa shape index (κ3) is 4.01. The molecule has 4 aromatic rings. The summed E-state index contributed by atoms with van der Waals surface area (Å²) < 4.78 is 28.1. The molecule has 1 N–H and O–H groups in total. The van der Waals surface area contributed by atoms with E-state index in [2.05, 4.69) is 15.2 Å². The van der Waals surface area contributed by atoms with Gasteiger partial charge in [-0.3, -0.25) is 14.2 Å². The first-order chi connectivity index (χ1) is 15.6. The van der Waals surface area contributed by atoms with Crippen LogP contribution in [-0.4, -0.2) is 38.0 Å². The standard InChI is InChI=1S/C23H22FN5O3/c1-31-22-18(17-11-25-26-12-17)5-7-21(27-22)29-9-8-28(23(29)30)13-16-4-6-19(24)20(10-16)32-14-15-2-3-15/h4-12,15H,2-3,13-14H2,1H3,(H,25,26). The zero-order valence-corrected chi connectivity index (χ0v) is 17.5. The monoisotopic (exact) mass is 435 g/mol. The SMILES string of the molecule is COc1nc(-n2ccn(Cc3ccc(F)c(OCC4CC4)c3)c2=O)ccc1-c1cn[nH]c1. The summed E-state index contributed by atoms with van der Waals surface area (Å²) in [4.78, 5) is 17.5. The summed E-state index contributed by atoms with van der Waals surface area (Å²) >= 11 is 0. The van der Waals surface area contributed by atoms with E-state index in [1.54, 1.807) is 43.0 Å². The molecule has 0 radical (unpaired) electrons. The van der Waals surface area contributed by atoms with Crippen LogP contribution in [0.15, 0.2) is 59.9 Å². The van der Waals surface area contributed by atoms with Gasteiger partial charge < -0.3 is 9.47 Å². The van der Waals surface area contributed by atoms with Crippen LogP contribution < -0.4 is 15.2 Å². The largest absolute Gasteiger partial charge is 0.490 e. The lowest BCUT2D eigenvalue weighted by molar-refractivity contribution is 0.285. The number of ether oxygens (including phenoxy) is 2. The number of imidazole rings is 1. The molecule has 0 unspecified atom stereocenters. The molecule has 1 aliphatic carbocycles. The van der Waals surface area contributed by atoms with Gasteiger partial charge in [-0.25, -0.2) is 9.18 Å². The van der Waals surface area contributed by atoms with E-state index in [1.807, 2.05) is 6.07 Å². The Morgan fingerprint density at radius 1 is 1.22 bits per heavy atom. The van der Waals surface area contributed by atoms with Gasteiger partial charge in [-0.1, -0.05) is 6.07 Å². The lowest BCUT2D eigenvalue weighted by Crippen LogP contribution is -2.24. The number of hydrogen-bond donors (Lipinski definition) is 1. The van der Waals surface area contributed by atoms with Crippen molar-refractivity contribution in [1.82, 2.24) is 24.3 Å². The number of aromatic nitrogens is 5. The molecule has 164 valence electrons. The molecule has 0 bridgehead atoms. The third-order valence-corrected chi connectivity index (χ3v) is 5.46. The van der Waals surface area contributed by atoms with Crippen molar-refractivity contribution in [3.8, 4) is 28.6 Å². The molecule has 1 saturated carbocycles. The number of benzene rings is 1. The van der Waals surface area contributed by atoms with Gasteiger partial charge in [0.2, 0.25) is 5.88 Å². The van der Waals surface area contributed by atoms with E-state index in [-0.39, 0.29) is 18.0 Å². The fraction of sp³-hybridized carbons (Fsp3) is 0.261. The van der Waals surface area contributed by atoms with Gasteiger partial charge >= 0.3 is 5.69 Å². The smallest absolute Gasteiger partial charge is 0.334 e. The maximum Gasteiger partial charge on any atom is 0.334 e. The molecule has 1 fully saturated rings. The van der Waals surface area contributed by atoms with Crippen LogP contribution in [0, 0.1) is 11.7 Å². The molecule has 5 rings (SSSR count). The van der Waals surface area contributed by atoms with Gasteiger partial charge in [-0.15, -0.1) is 0 Å². The number of rotatable bonds is 8. The number of nitrogens with zero attached hydrogens (tertiary/aromatic N) is 4. The van der Waals surface area contributed by atoms with Gasteiger partial charge in [0.05, 0.1) is 26.5 Å². The van der Waals surface area contributed by atoms with Crippen LogP contribution in [0.3, 0.4) is 0 Å². The molecule has 0 spiro atoms. The van der Waals surface area contributed by atoms with Gasteiger partial charge in [0.25, 0.3) is 0 Å². The van der Waals surface area contributed by atoms with Gasteiger partial charge in [0.15, 0.2) is 11.6 Å². The lowest BCUT2D eigenvalue weighted by Gasteiger charge is -2.10. The van der Waals surface area contributed by atoms with Crippen LogP contribution in [0.2, 0.25) is 0 Å². The Bertz CT molecular complexity index is 1290. The summed E-state index contributed by atoms with van der Waals surface area (Å²) in [7, 11) is 1.53. The molecule has 0 saturated heterocycles. The number of halogens is 1. The number of pyridine rings is 1. The van der Waals surface area contributed by atoms with Crippen LogP contribution in [-0.2, 0) is 6.54 Å². The summed E-state index contributed by atoms with van der Waals surface area (Å²) in [6.07, 6.45) is 9.00. The summed E-state index contributed by atoms with van der Waals surface area (Å²) in [6.45, 7) is 0.815. The first kappa shape index (κ1) is 20.0. The molecule has 0 atom stereocenters. The summed E-state index contributed by atoms with van der Waals surface area (Å²) in [6, 6.07) is 8.27. The van der Waals surface area contributed by atoms with Crippen molar-refractivity contribution >= 4 is 0 Å². The zero-order chi connectivity index (χ0) is 22.1. The number of nitrogens with one attached hydrogen (secondary N) is 1. The molecule has 0 amide bonds. The topological polar surface area (TPSA) is 87.0 Å². The highest BCUT2D eigenvalue weighted by Gasteiger charge is 2.22. The van der Waals surface area contributed by atoms with Gasteiger partial charge in [0.1, 0.15) is 5.82 Å². The summed E-state index contributed by atoms with van der Waals surface area (Å²) in [5.41, 5.74) is 2.11. The van der Waals surface area contributed by atoms with Gasteiger partial charge in [-0.2, -0.15) is 10.1 Å². The lowest BCUT2D eigenvalue weighted by atomic mass is 10.1. The van der Waals surface area contributed by atoms with Crippen molar-refractivity contribution in [3.63, 3.8) is 0 Å². The van der Waals surface area contributed by atoms with E-state index in [9.17, 15) is 9.18 Å². The second-order valence-electron chi connectivity index (χ2n) is 7.81. The highest BCUT2D eigenvalue weighted by molar-refractivity contribution is 5.67. The zero-order valence-electron chi connectivity index (χ0n) is 17.5. The molecular weight excluding hydrogens is 413 g/mol. The van der Waals surface area contributed by atoms with E-state index >= 15 is 0 Å². The van der Waals surface area contributed by atoms with E-state index in [0.29, 0.717) is 24.2 Å². The fourth-order valence-corrected chi connectivity index (χ4v) is 3.49. The molecule has 3 aromatic heterocycles. The average molecular weight is 435 g/mol. The molecule has 1 aliphatic rings. The minimum Gasteiger partial charge on any atom is -0.490 e. The van der Waals surface area contributed by atoms with Gasteiger partial charge in [-0.05, 0) is 48.6 Å². The van der Waals surface area contributed by atoms with E-state index in [1.165, 1.54) is 22.3 Å². The Hall–Kier alpha value is -3.88. The minimum absolute atomic E-state index is 0.225. The van der Waals surface area contributed by atoms with Crippen molar-refractivity contribution in [1.29, 1.82) is 0 Å². The highest BCUT2D eigenvalue weighted by Crippen LogP contribution is 2.30. The van der Waals surface area contributed by atoms with E-state index < -0.39 is 5.82 Å². The maximum atomic E-state index is 14.1. The molecule has 3 heterocycles. The maximum absolute atomic E-state index is 14.1. The predicted molar refractivity (Wildman–Crippen MR) is 116 cm³/mol. The average Bonchev–Trinajstić information content (AvgIpc) is 3.34. The Morgan fingerprint density at radius 2 is 2.09 bits per heavy atom. The van der Waals surface area contributed by atoms with E-state index in [0.717, 1.165) is 29.5 Å². The van der Waals surface area contributed by atoms with Crippen LogP contribution in [0.5, 0.6) is 11.6 Å². The Kier molecular flexibility index (Phi) is 5.22. The molecule has 1 aromatic carbocycles. The van der Waals surface area contributed by atoms with Crippen molar-refractivity contribution in [2.45, 2.75) is 19.4 Å². The second kappa shape index (κ2) is 8.33. The van der Waals surface area contributed by atoms with Crippen LogP contribution in [0.1, 0.15) is 18.4 Å². The number of H-pyrrole nitrogens is 1. The van der Waals surface area contributed by atoms with Crippen LogP contribution in [0.4, 0.5) is 4.39 Å². The molecule has 9 heteroatoms. The van der Waals surface area contributed by atoms with Crippen molar-refractivity contribution in [3.05, 3.63) is 77.0 Å². The van der Waals surface area contributed by atoms with E-state index in [4.69, 9.17) is 9.47 Å². The third-order valence-electron chi connectivity index (χ3n) is 5.46. The Morgan fingerprint density at radius 3 is 2.84 bits per heavy atom. The van der Waals surface area contributed by atoms with Crippen LogP contribution >= 0.6 is 0 Å². The first-order valence-corrected chi connectivity index (χ1v) is 10.4.